The summed E-state index contributed by atoms with van der Waals surface area (Å²) in [4.78, 5) is 9.23. The highest BCUT2D eigenvalue weighted by Crippen LogP contribution is 2.36. The van der Waals surface area contributed by atoms with Crippen molar-refractivity contribution in [2.24, 2.45) is 0 Å². The van der Waals surface area contributed by atoms with E-state index in [1.54, 1.807) is 6.07 Å². The third kappa shape index (κ3) is 3.33. The molecule has 0 saturated heterocycles. The van der Waals surface area contributed by atoms with Crippen molar-refractivity contribution in [1.29, 1.82) is 0 Å². The predicted molar refractivity (Wildman–Crippen MR) is 136 cm³/mol. The number of hydrogen-bond acceptors (Lipinski definition) is 4. The van der Waals surface area contributed by atoms with Gasteiger partial charge in [-0.2, -0.15) is 0 Å². The first-order valence-corrected chi connectivity index (χ1v) is 11.2. The third-order valence-corrected chi connectivity index (χ3v) is 6.13. The Kier molecular flexibility index (Phi) is 4.52. The number of hydrogen-bond donors (Lipinski definition) is 1. The standard InChI is InChI=1S/C29H23N3O2/c1-17-4-9-24-23(13-17)22-8-7-21(15-25(22)32(24)27-10-5-18(2)16-30-27)34-28-11-6-20-12-19(3)14-26(33)29(20)31-28/h4-16,33H,1-3H3. The van der Waals surface area contributed by atoms with Crippen LogP contribution < -0.4 is 4.74 Å². The number of aromatic nitrogens is 3. The minimum absolute atomic E-state index is 0.150. The van der Waals surface area contributed by atoms with E-state index in [0.717, 1.165) is 38.8 Å². The van der Waals surface area contributed by atoms with Crippen molar-refractivity contribution >= 4 is 32.7 Å². The molecule has 0 atom stereocenters. The summed E-state index contributed by atoms with van der Waals surface area (Å²) in [7, 11) is 0. The lowest BCUT2D eigenvalue weighted by Gasteiger charge is -2.10. The van der Waals surface area contributed by atoms with E-state index < -0.39 is 0 Å². The van der Waals surface area contributed by atoms with Gasteiger partial charge in [0.05, 0.1) is 11.0 Å². The van der Waals surface area contributed by atoms with Crippen molar-refractivity contribution in [3.63, 3.8) is 0 Å². The van der Waals surface area contributed by atoms with Gasteiger partial charge in [-0.05, 0) is 80.4 Å². The first kappa shape index (κ1) is 20.2. The molecule has 0 amide bonds. The van der Waals surface area contributed by atoms with Crippen molar-refractivity contribution in [3.8, 4) is 23.2 Å². The Morgan fingerprint density at radius 1 is 0.735 bits per heavy atom. The van der Waals surface area contributed by atoms with Gasteiger partial charge < -0.3 is 9.84 Å². The molecule has 0 unspecified atom stereocenters. The van der Waals surface area contributed by atoms with Gasteiger partial charge in [0.25, 0.3) is 0 Å². The van der Waals surface area contributed by atoms with E-state index in [1.165, 1.54) is 10.9 Å². The van der Waals surface area contributed by atoms with Crippen molar-refractivity contribution < 1.29 is 9.84 Å². The molecule has 0 bridgehead atoms. The summed E-state index contributed by atoms with van der Waals surface area (Å²) in [5.74, 6) is 2.10. The van der Waals surface area contributed by atoms with E-state index in [1.807, 2.05) is 56.4 Å². The van der Waals surface area contributed by atoms with Gasteiger partial charge >= 0.3 is 0 Å². The highest BCUT2D eigenvalue weighted by Gasteiger charge is 2.15. The number of rotatable bonds is 3. The average molecular weight is 446 g/mol. The number of aromatic hydroxyl groups is 1. The lowest BCUT2D eigenvalue weighted by Crippen LogP contribution is -1.97. The second-order valence-corrected chi connectivity index (χ2v) is 8.84. The molecule has 0 aliphatic rings. The first-order chi connectivity index (χ1) is 16.5. The van der Waals surface area contributed by atoms with E-state index in [4.69, 9.17) is 9.72 Å². The quantitative estimate of drug-likeness (QED) is 0.314. The average Bonchev–Trinajstić information content (AvgIpc) is 3.13. The van der Waals surface area contributed by atoms with Crippen LogP contribution in [0.5, 0.6) is 17.4 Å². The Morgan fingerprint density at radius 3 is 2.41 bits per heavy atom. The molecule has 3 aromatic heterocycles. The highest BCUT2D eigenvalue weighted by atomic mass is 16.5. The summed E-state index contributed by atoms with van der Waals surface area (Å²) in [6, 6.07) is 24.1. The third-order valence-electron chi connectivity index (χ3n) is 6.13. The number of phenolic OH excluding ortho intramolecular Hbond substituents is 1. The molecule has 1 N–H and O–H groups in total. The number of fused-ring (bicyclic) bond motifs is 4. The number of pyridine rings is 2. The number of benzene rings is 3. The smallest absolute Gasteiger partial charge is 0.219 e. The normalized spacial score (nSPS) is 11.5. The Labute approximate surface area is 196 Å². The fourth-order valence-corrected chi connectivity index (χ4v) is 4.54. The lowest BCUT2D eigenvalue weighted by molar-refractivity contribution is 0.460. The summed E-state index contributed by atoms with van der Waals surface area (Å²) in [6.45, 7) is 6.09. The summed E-state index contributed by atoms with van der Waals surface area (Å²) in [5.41, 5.74) is 5.94. The molecular formula is C29H23N3O2. The summed E-state index contributed by atoms with van der Waals surface area (Å²) in [6.07, 6.45) is 1.88. The van der Waals surface area contributed by atoms with Crippen molar-refractivity contribution in [1.82, 2.24) is 14.5 Å². The minimum atomic E-state index is 0.150. The largest absolute Gasteiger partial charge is 0.506 e. The molecule has 0 fully saturated rings. The zero-order chi connectivity index (χ0) is 23.4. The molecule has 5 nitrogen and oxygen atoms in total. The molecule has 0 aliphatic heterocycles. The molecule has 0 spiro atoms. The topological polar surface area (TPSA) is 60.2 Å². The van der Waals surface area contributed by atoms with Crippen LogP contribution in [0.1, 0.15) is 16.7 Å². The van der Waals surface area contributed by atoms with Crippen molar-refractivity contribution in [2.45, 2.75) is 20.8 Å². The molecule has 5 heteroatoms. The van der Waals surface area contributed by atoms with E-state index in [0.29, 0.717) is 17.1 Å². The second-order valence-electron chi connectivity index (χ2n) is 8.84. The van der Waals surface area contributed by atoms with Crippen LogP contribution in [0.25, 0.3) is 38.5 Å². The van der Waals surface area contributed by atoms with Gasteiger partial charge in [0.15, 0.2) is 0 Å². The van der Waals surface area contributed by atoms with Crippen molar-refractivity contribution in [2.75, 3.05) is 0 Å². The maximum atomic E-state index is 10.3. The van der Waals surface area contributed by atoms with Crippen LogP contribution in [0.3, 0.4) is 0 Å². The van der Waals surface area contributed by atoms with Crippen molar-refractivity contribution in [3.05, 3.63) is 95.7 Å². The van der Waals surface area contributed by atoms with Crippen LogP contribution in [-0.4, -0.2) is 19.6 Å². The summed E-state index contributed by atoms with van der Waals surface area (Å²) < 4.78 is 8.32. The monoisotopic (exact) mass is 445 g/mol. The Balaban J connectivity index is 1.51. The van der Waals surface area contributed by atoms with Gasteiger partial charge in [-0.15, -0.1) is 0 Å². The highest BCUT2D eigenvalue weighted by molar-refractivity contribution is 6.09. The fraction of sp³-hybridized carbons (Fsp3) is 0.103. The molecule has 3 heterocycles. The summed E-state index contributed by atoms with van der Waals surface area (Å²) in [5, 5.41) is 13.5. The molecule has 34 heavy (non-hydrogen) atoms. The molecule has 0 radical (unpaired) electrons. The van der Waals surface area contributed by atoms with E-state index >= 15 is 0 Å². The SMILES string of the molecule is Cc1ccc(-n2c3ccc(C)cc3c3ccc(Oc4ccc5cc(C)cc(O)c5n4)cc32)nc1. The summed E-state index contributed by atoms with van der Waals surface area (Å²) >= 11 is 0. The Morgan fingerprint density at radius 2 is 1.59 bits per heavy atom. The zero-order valence-electron chi connectivity index (χ0n) is 19.2. The fourth-order valence-electron chi connectivity index (χ4n) is 4.54. The molecule has 0 aliphatic carbocycles. The van der Waals surface area contributed by atoms with Gasteiger partial charge in [0, 0.05) is 34.5 Å². The number of nitrogens with zero attached hydrogens (tertiary/aromatic N) is 3. The first-order valence-electron chi connectivity index (χ1n) is 11.2. The van der Waals surface area contributed by atoms with Crippen LogP contribution in [0.4, 0.5) is 0 Å². The van der Waals surface area contributed by atoms with Crippen LogP contribution >= 0.6 is 0 Å². The predicted octanol–water partition coefficient (Wildman–Crippen LogP) is 7.15. The van der Waals surface area contributed by atoms with Gasteiger partial charge in [-0.1, -0.05) is 17.7 Å². The zero-order valence-corrected chi connectivity index (χ0v) is 19.2. The molecule has 6 rings (SSSR count). The van der Waals surface area contributed by atoms with Crippen LogP contribution in [-0.2, 0) is 0 Å². The van der Waals surface area contributed by atoms with Gasteiger partial charge in [0.2, 0.25) is 5.88 Å². The van der Waals surface area contributed by atoms with E-state index in [9.17, 15) is 5.11 Å². The molecule has 0 saturated carbocycles. The van der Waals surface area contributed by atoms with Gasteiger partial charge in [-0.3, -0.25) is 4.57 Å². The molecule has 6 aromatic rings. The van der Waals surface area contributed by atoms with E-state index in [2.05, 4.69) is 46.8 Å². The minimum Gasteiger partial charge on any atom is -0.506 e. The number of phenols is 1. The van der Waals surface area contributed by atoms with Crippen LogP contribution in [0, 0.1) is 20.8 Å². The lowest BCUT2D eigenvalue weighted by atomic mass is 10.1. The molecule has 166 valence electrons. The van der Waals surface area contributed by atoms with Gasteiger partial charge in [-0.25, -0.2) is 9.97 Å². The van der Waals surface area contributed by atoms with E-state index in [-0.39, 0.29) is 5.75 Å². The van der Waals surface area contributed by atoms with Crippen LogP contribution in [0.15, 0.2) is 79.0 Å². The second kappa shape index (κ2) is 7.59. The number of aryl methyl sites for hydroxylation is 3. The van der Waals surface area contributed by atoms with Gasteiger partial charge in [0.1, 0.15) is 22.8 Å². The Bertz CT molecular complexity index is 1720. The number of ether oxygens (including phenoxy) is 1. The maximum Gasteiger partial charge on any atom is 0.219 e. The van der Waals surface area contributed by atoms with Crippen LogP contribution in [0.2, 0.25) is 0 Å². The molecule has 3 aromatic carbocycles. The maximum absolute atomic E-state index is 10.3. The Hall–Kier alpha value is -4.38. The molecular weight excluding hydrogens is 422 g/mol.